The van der Waals surface area contributed by atoms with E-state index < -0.39 is 0 Å². The van der Waals surface area contributed by atoms with Crippen LogP contribution < -0.4 is 16.1 Å². The average molecular weight is 286 g/mol. The molecule has 5 nitrogen and oxygen atoms in total. The van der Waals surface area contributed by atoms with Gasteiger partial charge < -0.3 is 15.1 Å². The maximum Gasteiger partial charge on any atom is 0.287 e. The summed E-state index contributed by atoms with van der Waals surface area (Å²) in [6.07, 6.45) is 3.24. The lowest BCUT2D eigenvalue weighted by atomic mass is 10.1. The maximum absolute atomic E-state index is 12.1. The normalized spacial score (nSPS) is 18.0. The smallest absolute Gasteiger partial charge is 0.287 e. The minimum Gasteiger partial charge on any atom is -0.451 e. The highest BCUT2D eigenvalue weighted by molar-refractivity contribution is 5.93. The molecule has 0 spiro atoms. The highest BCUT2D eigenvalue weighted by Crippen LogP contribution is 2.12. The van der Waals surface area contributed by atoms with E-state index in [1.165, 1.54) is 12.5 Å². The third-order valence-electron chi connectivity index (χ3n) is 3.80. The fraction of sp³-hybridized carbons (Fsp3) is 0.375. The van der Waals surface area contributed by atoms with Crippen LogP contribution in [-0.4, -0.2) is 25.0 Å². The summed E-state index contributed by atoms with van der Waals surface area (Å²) in [6, 6.07) is 8.66. The summed E-state index contributed by atoms with van der Waals surface area (Å²) in [6.45, 7) is 1.63. The second-order valence-electron chi connectivity index (χ2n) is 5.31. The van der Waals surface area contributed by atoms with Crippen molar-refractivity contribution in [1.82, 2.24) is 10.6 Å². The fourth-order valence-electron chi connectivity index (χ4n) is 2.67. The van der Waals surface area contributed by atoms with Crippen LogP contribution >= 0.6 is 0 Å². The van der Waals surface area contributed by atoms with Gasteiger partial charge in [-0.2, -0.15) is 0 Å². The molecule has 1 aromatic heterocycles. The zero-order valence-corrected chi connectivity index (χ0v) is 11.7. The van der Waals surface area contributed by atoms with Crippen LogP contribution in [0.1, 0.15) is 29.8 Å². The van der Waals surface area contributed by atoms with Crippen LogP contribution in [0.2, 0.25) is 0 Å². The van der Waals surface area contributed by atoms with Gasteiger partial charge in [0.05, 0.1) is 5.39 Å². The Hall–Kier alpha value is -2.14. The molecule has 2 N–H and O–H groups in total. The van der Waals surface area contributed by atoms with Crippen LogP contribution in [0.4, 0.5) is 0 Å². The number of amides is 1. The van der Waals surface area contributed by atoms with Gasteiger partial charge in [0.1, 0.15) is 5.58 Å². The predicted molar refractivity (Wildman–Crippen MR) is 80.5 cm³/mol. The van der Waals surface area contributed by atoms with Gasteiger partial charge in [-0.05, 0) is 37.9 Å². The summed E-state index contributed by atoms with van der Waals surface area (Å²) in [5, 5.41) is 6.67. The molecule has 1 atom stereocenters. The lowest BCUT2D eigenvalue weighted by Gasteiger charge is -2.10. The van der Waals surface area contributed by atoms with Crippen LogP contribution in [-0.2, 0) is 0 Å². The number of carbonyl (C=O) groups is 1. The SMILES string of the molecule is O=C(NCC[C@@H]1CCCN1)c1cc(=O)c2ccccc2o1. The van der Waals surface area contributed by atoms with E-state index in [-0.39, 0.29) is 17.1 Å². The number of hydrogen-bond acceptors (Lipinski definition) is 4. The Balaban J connectivity index is 1.68. The summed E-state index contributed by atoms with van der Waals surface area (Å²) < 4.78 is 5.50. The number of rotatable bonds is 4. The van der Waals surface area contributed by atoms with E-state index in [4.69, 9.17) is 4.42 Å². The summed E-state index contributed by atoms with van der Waals surface area (Å²) in [4.78, 5) is 24.0. The fourth-order valence-corrected chi connectivity index (χ4v) is 2.67. The Morgan fingerprint density at radius 2 is 2.24 bits per heavy atom. The van der Waals surface area contributed by atoms with Gasteiger partial charge in [0.15, 0.2) is 11.2 Å². The second-order valence-corrected chi connectivity index (χ2v) is 5.31. The van der Waals surface area contributed by atoms with Crippen molar-refractivity contribution in [3.8, 4) is 0 Å². The zero-order valence-electron chi connectivity index (χ0n) is 11.7. The van der Waals surface area contributed by atoms with Crippen molar-refractivity contribution in [2.75, 3.05) is 13.1 Å². The molecule has 5 heteroatoms. The van der Waals surface area contributed by atoms with Crippen LogP contribution in [0, 0.1) is 0 Å². The van der Waals surface area contributed by atoms with E-state index >= 15 is 0 Å². The first kappa shape index (κ1) is 13.8. The third-order valence-corrected chi connectivity index (χ3v) is 3.80. The summed E-state index contributed by atoms with van der Waals surface area (Å²) in [5.74, 6) is -0.270. The van der Waals surface area contributed by atoms with E-state index in [1.807, 2.05) is 0 Å². The lowest BCUT2D eigenvalue weighted by Crippen LogP contribution is -2.31. The summed E-state index contributed by atoms with van der Waals surface area (Å²) in [5.41, 5.74) is 0.243. The molecule has 0 radical (unpaired) electrons. The number of nitrogens with one attached hydrogen (secondary N) is 2. The van der Waals surface area contributed by atoms with Crippen molar-refractivity contribution in [3.05, 3.63) is 46.3 Å². The van der Waals surface area contributed by atoms with E-state index in [2.05, 4.69) is 10.6 Å². The monoisotopic (exact) mass is 286 g/mol. The molecule has 110 valence electrons. The molecule has 0 aliphatic carbocycles. The van der Waals surface area contributed by atoms with Crippen molar-refractivity contribution in [2.45, 2.75) is 25.3 Å². The largest absolute Gasteiger partial charge is 0.451 e. The molecule has 1 aromatic carbocycles. The van der Waals surface area contributed by atoms with Crippen LogP contribution in [0.15, 0.2) is 39.5 Å². The Bertz CT molecular complexity index is 702. The highest BCUT2D eigenvalue weighted by Gasteiger charge is 2.15. The second kappa shape index (κ2) is 6.10. The van der Waals surface area contributed by atoms with Gasteiger partial charge >= 0.3 is 0 Å². The molecule has 1 aliphatic heterocycles. The molecule has 1 fully saturated rings. The molecule has 3 rings (SSSR count). The Morgan fingerprint density at radius 1 is 1.38 bits per heavy atom. The highest BCUT2D eigenvalue weighted by atomic mass is 16.3. The van der Waals surface area contributed by atoms with Gasteiger partial charge in [-0.3, -0.25) is 9.59 Å². The van der Waals surface area contributed by atoms with Gasteiger partial charge in [-0.15, -0.1) is 0 Å². The van der Waals surface area contributed by atoms with E-state index in [9.17, 15) is 9.59 Å². The Morgan fingerprint density at radius 3 is 3.05 bits per heavy atom. The minimum absolute atomic E-state index is 0.0677. The molecule has 2 aromatic rings. The standard InChI is InChI=1S/C16H18N2O3/c19-13-10-15(21-14-6-2-1-5-12(13)14)16(20)18-9-7-11-4-3-8-17-11/h1-2,5-6,10-11,17H,3-4,7-9H2,(H,18,20)/t11-/m0/s1. The first-order chi connectivity index (χ1) is 10.2. The minimum atomic E-state index is -0.337. The third kappa shape index (κ3) is 3.13. The number of para-hydroxylation sites is 1. The molecule has 21 heavy (non-hydrogen) atoms. The van der Waals surface area contributed by atoms with E-state index in [1.54, 1.807) is 24.3 Å². The first-order valence-electron chi connectivity index (χ1n) is 7.28. The van der Waals surface area contributed by atoms with Crippen LogP contribution in [0.5, 0.6) is 0 Å². The van der Waals surface area contributed by atoms with Gasteiger partial charge in [0.25, 0.3) is 5.91 Å². The molecular formula is C16H18N2O3. The quantitative estimate of drug-likeness (QED) is 0.897. The molecule has 1 amide bonds. The zero-order chi connectivity index (χ0) is 14.7. The number of hydrogen-bond donors (Lipinski definition) is 2. The topological polar surface area (TPSA) is 71.3 Å². The van der Waals surface area contributed by atoms with Crippen LogP contribution in [0.25, 0.3) is 11.0 Å². The molecule has 1 aliphatic rings. The van der Waals surface area contributed by atoms with Crippen molar-refractivity contribution in [1.29, 1.82) is 0 Å². The number of benzene rings is 1. The van der Waals surface area contributed by atoms with Crippen LogP contribution in [0.3, 0.4) is 0 Å². The lowest BCUT2D eigenvalue weighted by molar-refractivity contribution is 0.0925. The predicted octanol–water partition coefficient (Wildman–Crippen LogP) is 1.66. The van der Waals surface area contributed by atoms with Crippen molar-refractivity contribution < 1.29 is 9.21 Å². The van der Waals surface area contributed by atoms with E-state index in [0.29, 0.717) is 23.6 Å². The molecule has 1 saturated heterocycles. The molecule has 0 unspecified atom stereocenters. The Labute approximate surface area is 122 Å². The molecule has 2 heterocycles. The van der Waals surface area contributed by atoms with Crippen molar-refractivity contribution in [2.24, 2.45) is 0 Å². The summed E-state index contributed by atoms with van der Waals surface area (Å²) in [7, 11) is 0. The van der Waals surface area contributed by atoms with Crippen molar-refractivity contribution in [3.63, 3.8) is 0 Å². The van der Waals surface area contributed by atoms with Crippen molar-refractivity contribution >= 4 is 16.9 Å². The molecular weight excluding hydrogens is 268 g/mol. The summed E-state index contributed by atoms with van der Waals surface area (Å²) >= 11 is 0. The average Bonchev–Trinajstić information content (AvgIpc) is 3.00. The van der Waals surface area contributed by atoms with Gasteiger partial charge in [-0.25, -0.2) is 0 Å². The molecule has 0 bridgehead atoms. The molecule has 0 saturated carbocycles. The first-order valence-corrected chi connectivity index (χ1v) is 7.28. The van der Waals surface area contributed by atoms with E-state index in [0.717, 1.165) is 19.4 Å². The van der Waals surface area contributed by atoms with Gasteiger partial charge in [0, 0.05) is 18.7 Å². The van der Waals surface area contributed by atoms with Gasteiger partial charge in [0.2, 0.25) is 0 Å². The number of fused-ring (bicyclic) bond motifs is 1. The number of carbonyl (C=O) groups excluding carboxylic acids is 1. The van der Waals surface area contributed by atoms with Gasteiger partial charge in [-0.1, -0.05) is 12.1 Å². The maximum atomic E-state index is 12.1. The Kier molecular flexibility index (Phi) is 4.01.